The van der Waals surface area contributed by atoms with Gasteiger partial charge in [-0.2, -0.15) is 13.2 Å². The average Bonchev–Trinajstić information content (AvgIpc) is 2.80. The first-order chi connectivity index (χ1) is 15.7. The SMILES string of the molecule is C=CC(=O)Oc1ccccc1OC(=O)c1ccc(C2CCC(CCCC(F)(F)F)CC2)cc1. The highest BCUT2D eigenvalue weighted by Gasteiger charge is 2.28. The Morgan fingerprint density at radius 2 is 1.55 bits per heavy atom. The fourth-order valence-corrected chi connectivity index (χ4v) is 4.19. The highest BCUT2D eigenvalue weighted by molar-refractivity contribution is 5.91. The molecule has 0 bridgehead atoms. The second-order valence-electron chi connectivity index (χ2n) is 8.31. The van der Waals surface area contributed by atoms with Crippen molar-refractivity contribution in [1.29, 1.82) is 0 Å². The van der Waals surface area contributed by atoms with Crippen LogP contribution in [0.1, 0.15) is 66.8 Å². The first kappa shape index (κ1) is 24.6. The van der Waals surface area contributed by atoms with Crippen LogP contribution in [0, 0.1) is 5.92 Å². The number of rotatable bonds is 8. The smallest absolute Gasteiger partial charge is 0.389 e. The molecule has 0 saturated heterocycles. The zero-order chi connectivity index (χ0) is 23.8. The number of esters is 2. The molecule has 33 heavy (non-hydrogen) atoms. The lowest BCUT2D eigenvalue weighted by molar-refractivity contribution is -0.136. The molecule has 1 aliphatic rings. The third kappa shape index (κ3) is 7.48. The largest absolute Gasteiger partial charge is 0.419 e. The van der Waals surface area contributed by atoms with Gasteiger partial charge in [0.15, 0.2) is 11.5 Å². The van der Waals surface area contributed by atoms with Gasteiger partial charge in [0.1, 0.15) is 0 Å². The highest BCUT2D eigenvalue weighted by atomic mass is 19.4. The topological polar surface area (TPSA) is 52.6 Å². The molecule has 0 aliphatic heterocycles. The maximum Gasteiger partial charge on any atom is 0.389 e. The van der Waals surface area contributed by atoms with Gasteiger partial charge >= 0.3 is 18.1 Å². The second kappa shape index (κ2) is 11.2. The van der Waals surface area contributed by atoms with Crippen LogP contribution < -0.4 is 9.47 Å². The normalized spacial score (nSPS) is 18.4. The molecule has 0 aromatic heterocycles. The van der Waals surface area contributed by atoms with Crippen molar-refractivity contribution in [2.24, 2.45) is 5.92 Å². The first-order valence-electron chi connectivity index (χ1n) is 11.1. The van der Waals surface area contributed by atoms with Crippen LogP contribution in [-0.4, -0.2) is 18.1 Å². The van der Waals surface area contributed by atoms with Gasteiger partial charge in [-0.05, 0) is 73.8 Å². The van der Waals surface area contributed by atoms with Crippen molar-refractivity contribution in [1.82, 2.24) is 0 Å². The van der Waals surface area contributed by atoms with Crippen molar-refractivity contribution in [2.75, 3.05) is 0 Å². The predicted molar refractivity (Wildman–Crippen MR) is 118 cm³/mol. The van der Waals surface area contributed by atoms with Crippen LogP contribution in [0.25, 0.3) is 0 Å². The van der Waals surface area contributed by atoms with E-state index >= 15 is 0 Å². The third-order valence-corrected chi connectivity index (χ3v) is 5.97. The van der Waals surface area contributed by atoms with Crippen LogP contribution in [0.15, 0.2) is 61.2 Å². The predicted octanol–water partition coefficient (Wildman–Crippen LogP) is 7.00. The monoisotopic (exact) mass is 460 g/mol. The van der Waals surface area contributed by atoms with E-state index in [0.717, 1.165) is 37.3 Å². The Balaban J connectivity index is 1.53. The van der Waals surface area contributed by atoms with Gasteiger partial charge in [-0.25, -0.2) is 9.59 Å². The van der Waals surface area contributed by atoms with Gasteiger partial charge in [-0.15, -0.1) is 0 Å². The quantitative estimate of drug-likeness (QED) is 0.242. The summed E-state index contributed by atoms with van der Waals surface area (Å²) in [6.07, 6.45) is 0.785. The number of hydrogen-bond donors (Lipinski definition) is 0. The van der Waals surface area contributed by atoms with E-state index in [4.69, 9.17) is 9.47 Å². The summed E-state index contributed by atoms with van der Waals surface area (Å²) in [5.41, 5.74) is 1.48. The molecule has 0 spiro atoms. The molecule has 2 aromatic rings. The molecular formula is C26H27F3O4. The van der Waals surface area contributed by atoms with Crippen molar-refractivity contribution in [2.45, 2.75) is 57.0 Å². The third-order valence-electron chi connectivity index (χ3n) is 5.97. The van der Waals surface area contributed by atoms with Gasteiger partial charge in [0.2, 0.25) is 0 Å². The van der Waals surface area contributed by atoms with E-state index < -0.39 is 24.5 Å². The van der Waals surface area contributed by atoms with Gasteiger partial charge < -0.3 is 9.47 Å². The minimum atomic E-state index is -4.07. The summed E-state index contributed by atoms with van der Waals surface area (Å²) in [5.74, 6) is -0.277. The molecule has 2 aromatic carbocycles. The summed E-state index contributed by atoms with van der Waals surface area (Å²) in [6.45, 7) is 3.34. The zero-order valence-electron chi connectivity index (χ0n) is 18.3. The number of benzene rings is 2. The molecule has 0 amide bonds. The number of ether oxygens (including phenoxy) is 2. The van der Waals surface area contributed by atoms with Crippen LogP contribution in [0.3, 0.4) is 0 Å². The molecule has 0 radical (unpaired) electrons. The molecule has 1 saturated carbocycles. The fraction of sp³-hybridized carbons (Fsp3) is 0.385. The minimum Gasteiger partial charge on any atom is -0.419 e. The summed E-state index contributed by atoms with van der Waals surface area (Å²) in [5, 5.41) is 0. The van der Waals surface area contributed by atoms with Gasteiger partial charge in [-0.3, -0.25) is 0 Å². The van der Waals surface area contributed by atoms with Crippen molar-refractivity contribution in [3.05, 3.63) is 72.3 Å². The lowest BCUT2D eigenvalue weighted by Crippen LogP contribution is -2.15. The number of para-hydroxylation sites is 2. The van der Waals surface area contributed by atoms with E-state index in [1.54, 1.807) is 24.3 Å². The minimum absolute atomic E-state index is 0.124. The molecule has 1 aliphatic carbocycles. The number of alkyl halides is 3. The molecule has 1 fully saturated rings. The average molecular weight is 460 g/mol. The van der Waals surface area contributed by atoms with E-state index in [9.17, 15) is 22.8 Å². The van der Waals surface area contributed by atoms with Crippen LogP contribution in [-0.2, 0) is 4.79 Å². The number of halogens is 3. The Bertz CT molecular complexity index is 958. The summed E-state index contributed by atoms with van der Waals surface area (Å²) in [4.78, 5) is 24.0. The Morgan fingerprint density at radius 1 is 0.939 bits per heavy atom. The Hall–Kier alpha value is -3.09. The lowest BCUT2D eigenvalue weighted by atomic mass is 9.77. The molecule has 0 atom stereocenters. The molecule has 3 rings (SSSR count). The molecule has 4 nitrogen and oxygen atoms in total. The molecule has 0 heterocycles. The van der Waals surface area contributed by atoms with E-state index in [-0.39, 0.29) is 17.9 Å². The zero-order valence-corrected chi connectivity index (χ0v) is 18.3. The second-order valence-corrected chi connectivity index (χ2v) is 8.31. The van der Waals surface area contributed by atoms with Crippen molar-refractivity contribution < 1.29 is 32.2 Å². The number of carbonyl (C=O) groups excluding carboxylic acids is 2. The lowest BCUT2D eigenvalue weighted by Gasteiger charge is -2.29. The maximum absolute atomic E-state index is 12.6. The van der Waals surface area contributed by atoms with Crippen LogP contribution in [0.2, 0.25) is 0 Å². The maximum atomic E-state index is 12.6. The van der Waals surface area contributed by atoms with Gasteiger partial charge in [0, 0.05) is 12.5 Å². The molecule has 176 valence electrons. The summed E-state index contributed by atoms with van der Waals surface area (Å²) >= 11 is 0. The molecule has 7 heteroatoms. The number of carbonyl (C=O) groups is 2. The van der Waals surface area contributed by atoms with E-state index in [1.807, 2.05) is 12.1 Å². The first-order valence-corrected chi connectivity index (χ1v) is 11.1. The van der Waals surface area contributed by atoms with Crippen molar-refractivity contribution in [3.63, 3.8) is 0 Å². The molecular weight excluding hydrogens is 433 g/mol. The fourth-order valence-electron chi connectivity index (χ4n) is 4.19. The van der Waals surface area contributed by atoms with Crippen LogP contribution in [0.4, 0.5) is 13.2 Å². The summed E-state index contributed by atoms with van der Waals surface area (Å²) in [6, 6.07) is 13.6. The summed E-state index contributed by atoms with van der Waals surface area (Å²) in [7, 11) is 0. The standard InChI is InChI=1S/C26H27F3O4/c1-2-24(30)32-22-7-3-4-8-23(22)33-25(31)21-15-13-20(14-16-21)19-11-9-18(10-12-19)6-5-17-26(27,28)29/h2-4,7-8,13-16,18-19H,1,5-6,9-12,17H2. The molecule has 0 unspecified atom stereocenters. The Morgan fingerprint density at radius 3 is 2.12 bits per heavy atom. The highest BCUT2D eigenvalue weighted by Crippen LogP contribution is 2.38. The van der Waals surface area contributed by atoms with E-state index in [0.29, 0.717) is 23.8 Å². The van der Waals surface area contributed by atoms with Crippen LogP contribution >= 0.6 is 0 Å². The van der Waals surface area contributed by atoms with Crippen molar-refractivity contribution >= 4 is 11.9 Å². The van der Waals surface area contributed by atoms with E-state index in [1.165, 1.54) is 12.1 Å². The van der Waals surface area contributed by atoms with Gasteiger partial charge in [0.05, 0.1) is 5.56 Å². The summed E-state index contributed by atoms with van der Waals surface area (Å²) < 4.78 is 47.5. The van der Waals surface area contributed by atoms with Gasteiger partial charge in [-0.1, -0.05) is 37.3 Å². The van der Waals surface area contributed by atoms with E-state index in [2.05, 4.69) is 6.58 Å². The van der Waals surface area contributed by atoms with Gasteiger partial charge in [0.25, 0.3) is 0 Å². The van der Waals surface area contributed by atoms with Crippen molar-refractivity contribution in [3.8, 4) is 11.5 Å². The number of hydrogen-bond acceptors (Lipinski definition) is 4. The van der Waals surface area contributed by atoms with Crippen LogP contribution in [0.5, 0.6) is 11.5 Å². The Kier molecular flexibility index (Phi) is 8.31. The Labute approximate surface area is 191 Å². The molecule has 0 N–H and O–H groups in total.